The maximum absolute atomic E-state index is 12.0. The predicted octanol–water partition coefficient (Wildman–Crippen LogP) is 0.853. The van der Waals surface area contributed by atoms with Gasteiger partial charge in [0, 0.05) is 19.3 Å². The highest BCUT2D eigenvalue weighted by Gasteiger charge is 2.42. The summed E-state index contributed by atoms with van der Waals surface area (Å²) in [5.41, 5.74) is 0.589. The number of benzene rings is 1. The molecule has 0 bridgehead atoms. The van der Waals surface area contributed by atoms with E-state index in [0.717, 1.165) is 6.26 Å². The van der Waals surface area contributed by atoms with Gasteiger partial charge in [0.2, 0.25) is 0 Å². The molecule has 2 N–H and O–H groups in total. The van der Waals surface area contributed by atoms with Crippen molar-refractivity contribution in [2.45, 2.75) is 31.2 Å². The van der Waals surface area contributed by atoms with E-state index in [9.17, 15) is 8.42 Å². The second-order valence-corrected chi connectivity index (χ2v) is 7.42. The molecule has 0 aliphatic carbocycles. The predicted molar refractivity (Wildman–Crippen MR) is 80.5 cm³/mol. The van der Waals surface area contributed by atoms with Gasteiger partial charge in [0.25, 0.3) is 0 Å². The van der Waals surface area contributed by atoms with Crippen LogP contribution in [-0.2, 0) is 14.6 Å². The third kappa shape index (κ3) is 3.70. The van der Waals surface area contributed by atoms with E-state index in [1.807, 2.05) is 0 Å². The molecule has 126 valence electrons. The Balaban J connectivity index is 3.32. The molecule has 22 heavy (non-hydrogen) atoms. The quantitative estimate of drug-likeness (QED) is 0.713. The van der Waals surface area contributed by atoms with E-state index in [2.05, 4.69) is 0 Å². The molecule has 0 saturated heterocycles. The van der Waals surface area contributed by atoms with Crippen molar-refractivity contribution in [3.8, 4) is 11.5 Å². The summed E-state index contributed by atoms with van der Waals surface area (Å²) in [6, 6.07) is 4.72. The van der Waals surface area contributed by atoms with Crippen LogP contribution in [-0.4, -0.2) is 50.5 Å². The number of ether oxygens (including phenoxy) is 3. The molecule has 2 unspecified atom stereocenters. The van der Waals surface area contributed by atoms with Crippen molar-refractivity contribution >= 4 is 9.84 Å². The fourth-order valence-corrected chi connectivity index (χ4v) is 3.20. The third-order valence-electron chi connectivity index (χ3n) is 3.85. The molecule has 7 nitrogen and oxygen atoms in total. The van der Waals surface area contributed by atoms with Gasteiger partial charge in [0.15, 0.2) is 26.3 Å². The van der Waals surface area contributed by atoms with Gasteiger partial charge in [-0.3, -0.25) is 0 Å². The van der Waals surface area contributed by atoms with Crippen LogP contribution in [0.15, 0.2) is 18.2 Å². The van der Waals surface area contributed by atoms with Gasteiger partial charge in [-0.05, 0) is 24.6 Å². The van der Waals surface area contributed by atoms with E-state index in [1.54, 1.807) is 19.1 Å². The standard InChI is InChI=1S/C14H22O7S/c1-9(14(2,20-4)22(5,17)18)10-6-7-11(19-3)12(8-10)21-13(15)16/h6-9,13,15-16H,1-5H3. The van der Waals surface area contributed by atoms with E-state index in [4.69, 9.17) is 24.4 Å². The molecule has 1 rings (SSSR count). The summed E-state index contributed by atoms with van der Waals surface area (Å²) in [4.78, 5) is -1.43. The summed E-state index contributed by atoms with van der Waals surface area (Å²) in [7, 11) is -0.770. The number of methoxy groups -OCH3 is 2. The van der Waals surface area contributed by atoms with E-state index >= 15 is 0 Å². The second kappa shape index (κ2) is 6.82. The van der Waals surface area contributed by atoms with Gasteiger partial charge in [0.1, 0.15) is 0 Å². The van der Waals surface area contributed by atoms with Crippen molar-refractivity contribution in [3.05, 3.63) is 23.8 Å². The Kier molecular flexibility index (Phi) is 5.80. The van der Waals surface area contributed by atoms with E-state index in [1.165, 1.54) is 27.2 Å². The summed E-state index contributed by atoms with van der Waals surface area (Å²) in [5.74, 6) is -0.145. The smallest absolute Gasteiger partial charge is 0.310 e. The summed E-state index contributed by atoms with van der Waals surface area (Å²) in [6.07, 6.45) is 1.10. The first-order valence-corrected chi connectivity index (χ1v) is 8.41. The number of hydrogen-bond acceptors (Lipinski definition) is 7. The number of rotatable bonds is 7. The van der Waals surface area contributed by atoms with Crippen LogP contribution in [0.25, 0.3) is 0 Å². The number of sulfone groups is 1. The Labute approximate surface area is 130 Å². The number of aliphatic hydroxyl groups excluding tert-OH is 1. The van der Waals surface area contributed by atoms with Crippen molar-refractivity contribution in [3.63, 3.8) is 0 Å². The summed E-state index contributed by atoms with van der Waals surface area (Å²) in [5, 5.41) is 17.9. The molecule has 1 aromatic carbocycles. The van der Waals surface area contributed by atoms with Crippen molar-refractivity contribution in [2.24, 2.45) is 0 Å². The van der Waals surface area contributed by atoms with Gasteiger partial charge in [-0.2, -0.15) is 0 Å². The molecular formula is C14H22O7S. The highest BCUT2D eigenvalue weighted by Crippen LogP contribution is 2.38. The zero-order valence-electron chi connectivity index (χ0n) is 13.2. The van der Waals surface area contributed by atoms with E-state index in [-0.39, 0.29) is 5.75 Å². The maximum Gasteiger partial charge on any atom is 0.310 e. The fourth-order valence-electron chi connectivity index (χ4n) is 2.12. The highest BCUT2D eigenvalue weighted by molar-refractivity contribution is 7.91. The van der Waals surface area contributed by atoms with Crippen LogP contribution in [0.2, 0.25) is 0 Å². The zero-order chi connectivity index (χ0) is 17.1. The van der Waals surface area contributed by atoms with Crippen molar-refractivity contribution in [1.29, 1.82) is 0 Å². The van der Waals surface area contributed by atoms with Gasteiger partial charge in [-0.25, -0.2) is 8.42 Å². The summed E-state index contributed by atoms with van der Waals surface area (Å²) < 4.78 is 39.2. The van der Waals surface area contributed by atoms with Crippen molar-refractivity contribution < 1.29 is 32.8 Å². The maximum atomic E-state index is 12.0. The summed E-state index contributed by atoms with van der Waals surface area (Å²) >= 11 is 0. The minimum Gasteiger partial charge on any atom is -0.493 e. The van der Waals surface area contributed by atoms with E-state index < -0.39 is 27.2 Å². The van der Waals surface area contributed by atoms with Gasteiger partial charge in [-0.15, -0.1) is 0 Å². The minimum absolute atomic E-state index is 0.0915. The lowest BCUT2D eigenvalue weighted by molar-refractivity contribution is -0.180. The molecule has 0 aliphatic rings. The van der Waals surface area contributed by atoms with Gasteiger partial charge < -0.3 is 24.4 Å². The Morgan fingerprint density at radius 1 is 1.18 bits per heavy atom. The lowest BCUT2D eigenvalue weighted by atomic mass is 9.95. The lowest BCUT2D eigenvalue weighted by Crippen LogP contribution is -2.41. The number of hydrogen-bond donors (Lipinski definition) is 2. The molecule has 1 aromatic rings. The molecule has 0 fully saturated rings. The van der Waals surface area contributed by atoms with Gasteiger partial charge >= 0.3 is 6.48 Å². The molecule has 0 heterocycles. The first kappa shape index (κ1) is 18.7. The molecule has 2 atom stereocenters. The second-order valence-electron chi connectivity index (χ2n) is 5.07. The Morgan fingerprint density at radius 2 is 1.77 bits per heavy atom. The SMILES string of the molecule is COc1ccc(C(C)C(C)(OC)S(C)(=O)=O)cc1OC(O)O. The summed E-state index contributed by atoms with van der Waals surface area (Å²) in [6.45, 7) is 1.17. The Bertz CT molecular complexity index is 612. The molecule has 0 spiro atoms. The van der Waals surface area contributed by atoms with Crippen LogP contribution in [0, 0.1) is 0 Å². The molecule has 0 saturated carbocycles. The Hall–Kier alpha value is -1.35. The molecule has 0 aliphatic heterocycles. The largest absolute Gasteiger partial charge is 0.493 e. The minimum atomic E-state index is -3.51. The van der Waals surface area contributed by atoms with Gasteiger partial charge in [-0.1, -0.05) is 13.0 Å². The highest BCUT2D eigenvalue weighted by atomic mass is 32.2. The van der Waals surface area contributed by atoms with Crippen LogP contribution >= 0.6 is 0 Å². The Morgan fingerprint density at radius 3 is 2.18 bits per heavy atom. The molecule has 0 amide bonds. The zero-order valence-corrected chi connectivity index (χ0v) is 14.0. The first-order valence-electron chi connectivity index (χ1n) is 6.52. The molecular weight excluding hydrogens is 312 g/mol. The van der Waals surface area contributed by atoms with Gasteiger partial charge in [0.05, 0.1) is 7.11 Å². The molecule has 0 radical (unpaired) electrons. The van der Waals surface area contributed by atoms with Crippen molar-refractivity contribution in [2.75, 3.05) is 20.5 Å². The van der Waals surface area contributed by atoms with Crippen LogP contribution < -0.4 is 9.47 Å². The van der Waals surface area contributed by atoms with Crippen molar-refractivity contribution in [1.82, 2.24) is 0 Å². The third-order valence-corrected chi connectivity index (χ3v) is 5.84. The average molecular weight is 334 g/mol. The molecule has 0 aromatic heterocycles. The molecule has 8 heteroatoms. The fraction of sp³-hybridized carbons (Fsp3) is 0.571. The normalized spacial score (nSPS) is 16.2. The monoisotopic (exact) mass is 334 g/mol. The first-order chi connectivity index (χ1) is 10.1. The topological polar surface area (TPSA) is 102 Å². The van der Waals surface area contributed by atoms with Crippen LogP contribution in [0.3, 0.4) is 0 Å². The van der Waals surface area contributed by atoms with Crippen LogP contribution in [0.4, 0.5) is 0 Å². The number of aliphatic hydroxyl groups is 2. The average Bonchev–Trinajstić information content (AvgIpc) is 2.43. The lowest BCUT2D eigenvalue weighted by Gasteiger charge is -2.33. The van der Waals surface area contributed by atoms with Crippen LogP contribution in [0.1, 0.15) is 25.3 Å². The van der Waals surface area contributed by atoms with Crippen LogP contribution in [0.5, 0.6) is 11.5 Å². The van der Waals surface area contributed by atoms with E-state index in [0.29, 0.717) is 11.3 Å².